The Hall–Kier alpha value is -1.06. The average Bonchev–Trinajstić information content (AvgIpc) is 2.15. The lowest BCUT2D eigenvalue weighted by Gasteiger charge is -1.97. The summed E-state index contributed by atoms with van der Waals surface area (Å²) in [6.07, 6.45) is 0.448. The topological polar surface area (TPSA) is 63.6 Å². The maximum atomic E-state index is 10.6. The van der Waals surface area contributed by atoms with Gasteiger partial charge in [-0.05, 0) is 6.42 Å². The molecule has 1 aliphatic heterocycles. The smallest absolute Gasteiger partial charge is 0.309 e. The molecule has 1 saturated heterocycles. The van der Waals surface area contributed by atoms with Gasteiger partial charge in [0.2, 0.25) is 0 Å². The molecule has 1 rings (SSSR count). The van der Waals surface area contributed by atoms with Crippen molar-refractivity contribution < 1.29 is 19.4 Å². The Morgan fingerprint density at radius 3 is 2.90 bits per heavy atom. The molecule has 0 aliphatic carbocycles. The first-order valence-corrected chi connectivity index (χ1v) is 3.08. The summed E-state index contributed by atoms with van der Waals surface area (Å²) >= 11 is 0. The van der Waals surface area contributed by atoms with E-state index in [0.717, 1.165) is 0 Å². The number of hydrogen-bond acceptors (Lipinski definition) is 3. The van der Waals surface area contributed by atoms with Crippen LogP contribution < -0.4 is 0 Å². The number of carboxylic acids is 1. The predicted molar refractivity (Wildman–Crippen MR) is 31.3 cm³/mol. The fourth-order valence-electron chi connectivity index (χ4n) is 0.934. The summed E-state index contributed by atoms with van der Waals surface area (Å²) in [5.41, 5.74) is 0. The summed E-state index contributed by atoms with van der Waals surface area (Å²) < 4.78 is 4.56. The van der Waals surface area contributed by atoms with Crippen molar-refractivity contribution in [3.8, 4) is 0 Å². The number of carboxylic acid groups (broad SMARTS) is 1. The van der Waals surface area contributed by atoms with Crippen LogP contribution in [0, 0.1) is 5.92 Å². The molecule has 0 radical (unpaired) electrons. The number of carbonyl (C=O) groups excluding carboxylic acids is 1. The summed E-state index contributed by atoms with van der Waals surface area (Å²) in [6.45, 7) is 0.372. The molecule has 1 N–H and O–H groups in total. The molecule has 56 valence electrons. The maximum absolute atomic E-state index is 10.6. The molecule has 0 aromatic rings. The van der Waals surface area contributed by atoms with Crippen molar-refractivity contribution in [2.45, 2.75) is 12.8 Å². The largest absolute Gasteiger partial charge is 0.481 e. The molecule has 1 atom stereocenters. The Bertz CT molecular complexity index is 163. The van der Waals surface area contributed by atoms with Crippen LogP contribution in [0.15, 0.2) is 0 Å². The quantitative estimate of drug-likeness (QED) is 0.555. The van der Waals surface area contributed by atoms with Crippen LogP contribution >= 0.6 is 0 Å². The Balaban J connectivity index is 2.40. The molecule has 1 heterocycles. The van der Waals surface area contributed by atoms with Crippen molar-refractivity contribution in [3.05, 3.63) is 0 Å². The van der Waals surface area contributed by atoms with Crippen LogP contribution in [0.2, 0.25) is 0 Å². The number of rotatable bonds is 2. The Kier molecular flexibility index (Phi) is 1.89. The molecule has 4 heteroatoms. The van der Waals surface area contributed by atoms with Crippen molar-refractivity contribution in [3.63, 3.8) is 0 Å². The molecular weight excluding hydrogens is 136 g/mol. The van der Waals surface area contributed by atoms with Crippen molar-refractivity contribution in [2.24, 2.45) is 5.92 Å². The summed E-state index contributed by atoms with van der Waals surface area (Å²) in [7, 11) is 0. The van der Waals surface area contributed by atoms with Gasteiger partial charge in [-0.1, -0.05) is 0 Å². The van der Waals surface area contributed by atoms with E-state index in [2.05, 4.69) is 4.74 Å². The zero-order chi connectivity index (χ0) is 7.56. The van der Waals surface area contributed by atoms with Crippen LogP contribution in [0.3, 0.4) is 0 Å². The molecule has 0 aromatic heterocycles. The minimum Gasteiger partial charge on any atom is -0.481 e. The van der Waals surface area contributed by atoms with E-state index in [-0.39, 0.29) is 12.4 Å². The van der Waals surface area contributed by atoms with E-state index in [0.29, 0.717) is 13.0 Å². The first-order valence-electron chi connectivity index (χ1n) is 3.08. The summed E-state index contributed by atoms with van der Waals surface area (Å²) in [5, 5.41) is 8.28. The highest BCUT2D eigenvalue weighted by molar-refractivity contribution is 5.80. The monoisotopic (exact) mass is 144 g/mol. The van der Waals surface area contributed by atoms with Crippen molar-refractivity contribution in [1.29, 1.82) is 0 Å². The number of hydrogen-bond donors (Lipinski definition) is 1. The third-order valence-corrected chi connectivity index (χ3v) is 1.46. The van der Waals surface area contributed by atoms with Crippen LogP contribution in [-0.2, 0) is 14.3 Å². The molecule has 0 aromatic carbocycles. The van der Waals surface area contributed by atoms with E-state index >= 15 is 0 Å². The fourth-order valence-corrected chi connectivity index (χ4v) is 0.934. The van der Waals surface area contributed by atoms with E-state index in [4.69, 9.17) is 5.11 Å². The van der Waals surface area contributed by atoms with Crippen molar-refractivity contribution >= 4 is 11.9 Å². The van der Waals surface area contributed by atoms with Crippen LogP contribution in [-0.4, -0.2) is 23.7 Å². The summed E-state index contributed by atoms with van der Waals surface area (Å²) in [5.74, 6) is -1.72. The molecule has 1 aliphatic rings. The number of esters is 1. The first-order chi connectivity index (χ1) is 4.70. The molecule has 4 nitrogen and oxygen atoms in total. The van der Waals surface area contributed by atoms with Gasteiger partial charge in [0.1, 0.15) is 0 Å². The third-order valence-electron chi connectivity index (χ3n) is 1.46. The van der Waals surface area contributed by atoms with E-state index < -0.39 is 11.9 Å². The van der Waals surface area contributed by atoms with Gasteiger partial charge in [-0.25, -0.2) is 0 Å². The lowest BCUT2D eigenvalue weighted by Crippen LogP contribution is -2.12. The summed E-state index contributed by atoms with van der Waals surface area (Å²) in [6, 6.07) is 0. The number of ether oxygens (including phenoxy) is 1. The molecule has 0 amide bonds. The van der Waals surface area contributed by atoms with E-state index in [1.165, 1.54) is 0 Å². The van der Waals surface area contributed by atoms with Crippen molar-refractivity contribution in [2.75, 3.05) is 6.61 Å². The third kappa shape index (κ3) is 1.46. The minimum absolute atomic E-state index is 0.0984. The zero-order valence-electron chi connectivity index (χ0n) is 5.37. The van der Waals surface area contributed by atoms with Crippen LogP contribution in [0.5, 0.6) is 0 Å². The Morgan fingerprint density at radius 2 is 2.50 bits per heavy atom. The molecule has 10 heavy (non-hydrogen) atoms. The van der Waals surface area contributed by atoms with Crippen LogP contribution in [0.4, 0.5) is 0 Å². The highest BCUT2D eigenvalue weighted by Gasteiger charge is 2.28. The number of carbonyl (C=O) groups is 2. The van der Waals surface area contributed by atoms with E-state index in [1.807, 2.05) is 0 Å². The molecule has 1 fully saturated rings. The second kappa shape index (κ2) is 2.68. The normalized spacial score (nSPS) is 24.4. The molecule has 0 spiro atoms. The second-order valence-corrected chi connectivity index (χ2v) is 2.25. The van der Waals surface area contributed by atoms with Gasteiger partial charge in [-0.3, -0.25) is 9.59 Å². The minimum atomic E-state index is -0.941. The lowest BCUT2D eigenvalue weighted by atomic mass is 10.1. The SMILES string of the molecule is O=C(O)CC1CCOC1=O. The van der Waals surface area contributed by atoms with Crippen LogP contribution in [0.1, 0.15) is 12.8 Å². The summed E-state index contributed by atoms with van der Waals surface area (Å²) in [4.78, 5) is 20.7. The molecular formula is C6H8O4. The van der Waals surface area contributed by atoms with Crippen molar-refractivity contribution in [1.82, 2.24) is 0 Å². The maximum Gasteiger partial charge on any atom is 0.309 e. The Morgan fingerprint density at radius 1 is 1.80 bits per heavy atom. The number of cyclic esters (lactones) is 1. The van der Waals surface area contributed by atoms with E-state index in [1.54, 1.807) is 0 Å². The lowest BCUT2D eigenvalue weighted by molar-refractivity contribution is -0.146. The van der Waals surface area contributed by atoms with Gasteiger partial charge in [-0.2, -0.15) is 0 Å². The average molecular weight is 144 g/mol. The number of aliphatic carboxylic acids is 1. The fraction of sp³-hybridized carbons (Fsp3) is 0.667. The zero-order valence-corrected chi connectivity index (χ0v) is 5.37. The molecule has 1 unspecified atom stereocenters. The molecule has 0 saturated carbocycles. The van der Waals surface area contributed by atoms with Gasteiger partial charge in [0, 0.05) is 0 Å². The highest BCUT2D eigenvalue weighted by atomic mass is 16.5. The van der Waals surface area contributed by atoms with Gasteiger partial charge in [-0.15, -0.1) is 0 Å². The molecule has 0 bridgehead atoms. The first kappa shape index (κ1) is 7.05. The van der Waals surface area contributed by atoms with Crippen LogP contribution in [0.25, 0.3) is 0 Å². The van der Waals surface area contributed by atoms with Gasteiger partial charge in [0.25, 0.3) is 0 Å². The van der Waals surface area contributed by atoms with Gasteiger partial charge < -0.3 is 9.84 Å². The highest BCUT2D eigenvalue weighted by Crippen LogP contribution is 2.17. The Labute approximate surface area is 57.8 Å². The van der Waals surface area contributed by atoms with Gasteiger partial charge in [0.05, 0.1) is 18.9 Å². The van der Waals surface area contributed by atoms with E-state index in [9.17, 15) is 9.59 Å². The standard InChI is InChI=1S/C6H8O4/c7-5(8)3-4-1-2-10-6(4)9/h4H,1-3H2,(H,7,8). The van der Waals surface area contributed by atoms with Gasteiger partial charge >= 0.3 is 11.9 Å². The predicted octanol–water partition coefficient (Wildman–Crippen LogP) is 0.0242. The van der Waals surface area contributed by atoms with Gasteiger partial charge in [0.15, 0.2) is 0 Å². The second-order valence-electron chi connectivity index (χ2n) is 2.25.